The minimum Gasteiger partial charge on any atom is -0.507 e. The van der Waals surface area contributed by atoms with Crippen LogP contribution < -0.4 is 5.63 Å². The zero-order chi connectivity index (χ0) is 16.4. The molecule has 0 unspecified atom stereocenters. The molecule has 7 nitrogen and oxygen atoms in total. The van der Waals surface area contributed by atoms with Crippen LogP contribution in [0.1, 0.15) is 11.1 Å². The number of carboxylic acids is 1. The second kappa shape index (κ2) is 6.39. The number of phenols is 1. The summed E-state index contributed by atoms with van der Waals surface area (Å²) in [5.74, 6) is -1.00. The van der Waals surface area contributed by atoms with E-state index >= 15 is 0 Å². The molecule has 1 aromatic heterocycles. The molecule has 2 N–H and O–H groups in total. The first-order chi connectivity index (χ1) is 11.0. The van der Waals surface area contributed by atoms with Gasteiger partial charge in [-0.25, -0.2) is 4.79 Å². The minimum atomic E-state index is -1.03. The monoisotopic (exact) mass is 319 g/mol. The second-order valence-corrected chi connectivity index (χ2v) is 5.49. The molecule has 2 aromatic rings. The Morgan fingerprint density at radius 1 is 1.26 bits per heavy atom. The number of carboxylic acid groups (broad SMARTS) is 1. The van der Waals surface area contributed by atoms with E-state index in [-0.39, 0.29) is 17.8 Å². The molecule has 2 heterocycles. The molecule has 1 aromatic carbocycles. The van der Waals surface area contributed by atoms with Gasteiger partial charge in [-0.1, -0.05) is 0 Å². The third kappa shape index (κ3) is 3.35. The van der Waals surface area contributed by atoms with Crippen LogP contribution >= 0.6 is 0 Å². The lowest BCUT2D eigenvalue weighted by molar-refractivity contribution is -0.136. The van der Waals surface area contributed by atoms with Crippen LogP contribution in [0.2, 0.25) is 0 Å². The van der Waals surface area contributed by atoms with Gasteiger partial charge in [-0.05, 0) is 17.7 Å². The first kappa shape index (κ1) is 15.5. The van der Waals surface area contributed by atoms with Crippen molar-refractivity contribution in [2.75, 3.05) is 26.3 Å². The lowest BCUT2D eigenvalue weighted by Gasteiger charge is -2.27. The van der Waals surface area contributed by atoms with Gasteiger partial charge in [-0.15, -0.1) is 0 Å². The van der Waals surface area contributed by atoms with Gasteiger partial charge in [0.25, 0.3) is 0 Å². The molecular formula is C16H17NO6. The van der Waals surface area contributed by atoms with E-state index in [9.17, 15) is 14.7 Å². The quantitative estimate of drug-likeness (QED) is 0.809. The summed E-state index contributed by atoms with van der Waals surface area (Å²) >= 11 is 0. The average Bonchev–Trinajstić information content (AvgIpc) is 2.50. The number of benzene rings is 1. The molecule has 122 valence electrons. The number of aliphatic carboxylic acids is 1. The Balaban J connectivity index is 2.08. The normalized spacial score (nSPS) is 15.8. The fourth-order valence-electron chi connectivity index (χ4n) is 2.78. The largest absolute Gasteiger partial charge is 0.507 e. The van der Waals surface area contributed by atoms with E-state index in [0.29, 0.717) is 36.3 Å². The van der Waals surface area contributed by atoms with E-state index in [1.165, 1.54) is 12.1 Å². The van der Waals surface area contributed by atoms with Gasteiger partial charge in [-0.3, -0.25) is 9.69 Å². The lowest BCUT2D eigenvalue weighted by Crippen LogP contribution is -2.35. The first-order valence-corrected chi connectivity index (χ1v) is 7.34. The van der Waals surface area contributed by atoms with Crippen molar-refractivity contribution >= 4 is 16.9 Å². The van der Waals surface area contributed by atoms with Gasteiger partial charge >= 0.3 is 11.6 Å². The smallest absolute Gasteiger partial charge is 0.336 e. The maximum Gasteiger partial charge on any atom is 0.336 e. The van der Waals surface area contributed by atoms with E-state index in [1.54, 1.807) is 6.07 Å². The van der Waals surface area contributed by atoms with Crippen LogP contribution in [0, 0.1) is 0 Å². The van der Waals surface area contributed by atoms with Crippen molar-refractivity contribution < 1.29 is 24.2 Å². The molecule has 0 aliphatic carbocycles. The van der Waals surface area contributed by atoms with Crippen molar-refractivity contribution in [1.82, 2.24) is 4.90 Å². The molecule has 3 rings (SSSR count). The van der Waals surface area contributed by atoms with E-state index in [0.717, 1.165) is 13.1 Å². The number of morpholine rings is 1. The standard InChI is InChI=1S/C16H17NO6/c18-13-2-1-11-10(7-14(19)20)8-15(21)23-16(11)12(13)9-17-3-5-22-6-4-17/h1-2,8,18H,3-7,9H2,(H,19,20). The number of carbonyl (C=O) groups is 1. The molecule has 0 atom stereocenters. The Kier molecular flexibility index (Phi) is 4.31. The lowest BCUT2D eigenvalue weighted by atomic mass is 10.0. The summed E-state index contributed by atoms with van der Waals surface area (Å²) in [6.45, 7) is 3.06. The Morgan fingerprint density at radius 3 is 2.70 bits per heavy atom. The van der Waals surface area contributed by atoms with Crippen LogP contribution in [0.15, 0.2) is 27.4 Å². The van der Waals surface area contributed by atoms with E-state index < -0.39 is 11.6 Å². The number of hydrogen-bond acceptors (Lipinski definition) is 6. The molecule has 0 saturated carbocycles. The summed E-state index contributed by atoms with van der Waals surface area (Å²) in [4.78, 5) is 24.8. The Morgan fingerprint density at radius 2 is 2.00 bits per heavy atom. The number of phenolic OH excluding ortho intramolecular Hbond substituents is 1. The maximum absolute atomic E-state index is 11.8. The number of ether oxygens (including phenoxy) is 1. The number of aromatic hydroxyl groups is 1. The van der Waals surface area contributed by atoms with Crippen molar-refractivity contribution in [3.63, 3.8) is 0 Å². The third-order valence-corrected chi connectivity index (χ3v) is 3.90. The molecular weight excluding hydrogens is 302 g/mol. The zero-order valence-corrected chi connectivity index (χ0v) is 12.4. The van der Waals surface area contributed by atoms with Gasteiger partial charge < -0.3 is 19.4 Å². The fraction of sp³-hybridized carbons (Fsp3) is 0.375. The van der Waals surface area contributed by atoms with Crippen LogP contribution in [0.5, 0.6) is 5.75 Å². The van der Waals surface area contributed by atoms with Gasteiger partial charge in [0.2, 0.25) is 0 Å². The number of hydrogen-bond donors (Lipinski definition) is 2. The molecule has 0 radical (unpaired) electrons. The highest BCUT2D eigenvalue weighted by Gasteiger charge is 2.19. The molecule has 1 fully saturated rings. The van der Waals surface area contributed by atoms with Crippen LogP contribution in [-0.2, 0) is 22.5 Å². The second-order valence-electron chi connectivity index (χ2n) is 5.49. The summed E-state index contributed by atoms with van der Waals surface area (Å²) in [7, 11) is 0. The van der Waals surface area contributed by atoms with Crippen LogP contribution in [0.4, 0.5) is 0 Å². The van der Waals surface area contributed by atoms with E-state index in [1.807, 2.05) is 0 Å². The fourth-order valence-corrected chi connectivity index (χ4v) is 2.78. The van der Waals surface area contributed by atoms with Crippen molar-refractivity contribution in [3.8, 4) is 5.75 Å². The van der Waals surface area contributed by atoms with Crippen LogP contribution in [0.25, 0.3) is 11.0 Å². The molecule has 23 heavy (non-hydrogen) atoms. The predicted molar refractivity (Wildman–Crippen MR) is 81.6 cm³/mol. The molecule has 1 aliphatic heterocycles. The Bertz CT molecular complexity index is 791. The van der Waals surface area contributed by atoms with Gasteiger partial charge in [0.1, 0.15) is 11.3 Å². The summed E-state index contributed by atoms with van der Waals surface area (Å²) in [6.07, 6.45) is -0.274. The summed E-state index contributed by atoms with van der Waals surface area (Å²) in [5, 5.41) is 19.7. The summed E-state index contributed by atoms with van der Waals surface area (Å²) in [5.41, 5.74) is 0.503. The van der Waals surface area contributed by atoms with Gasteiger partial charge in [-0.2, -0.15) is 0 Å². The molecule has 0 spiro atoms. The first-order valence-electron chi connectivity index (χ1n) is 7.34. The van der Waals surface area contributed by atoms with E-state index in [2.05, 4.69) is 4.90 Å². The van der Waals surface area contributed by atoms with Gasteiger partial charge in [0, 0.05) is 31.1 Å². The number of nitrogens with zero attached hydrogens (tertiary/aromatic N) is 1. The molecule has 0 amide bonds. The number of fused-ring (bicyclic) bond motifs is 1. The van der Waals surface area contributed by atoms with Crippen molar-refractivity contribution in [1.29, 1.82) is 0 Å². The summed E-state index contributed by atoms with van der Waals surface area (Å²) in [6, 6.07) is 4.27. The van der Waals surface area contributed by atoms with Gasteiger partial charge in [0.05, 0.1) is 25.2 Å². The van der Waals surface area contributed by atoms with Crippen LogP contribution in [-0.4, -0.2) is 47.4 Å². The third-order valence-electron chi connectivity index (χ3n) is 3.90. The number of rotatable bonds is 4. The average molecular weight is 319 g/mol. The summed E-state index contributed by atoms with van der Waals surface area (Å²) < 4.78 is 10.6. The molecule has 1 saturated heterocycles. The highest BCUT2D eigenvalue weighted by Crippen LogP contribution is 2.30. The highest BCUT2D eigenvalue weighted by molar-refractivity contribution is 5.88. The minimum absolute atomic E-state index is 0.0274. The van der Waals surface area contributed by atoms with E-state index in [4.69, 9.17) is 14.3 Å². The van der Waals surface area contributed by atoms with Gasteiger partial charge in [0.15, 0.2) is 0 Å². The topological polar surface area (TPSA) is 100 Å². The Hall–Kier alpha value is -2.38. The van der Waals surface area contributed by atoms with Crippen molar-refractivity contribution in [2.24, 2.45) is 0 Å². The molecule has 0 bridgehead atoms. The Labute approximate surface area is 131 Å². The maximum atomic E-state index is 11.8. The predicted octanol–water partition coefficient (Wildman–Crippen LogP) is 0.958. The van der Waals surface area contributed by atoms with Crippen LogP contribution in [0.3, 0.4) is 0 Å². The van der Waals surface area contributed by atoms with Crippen molar-refractivity contribution in [3.05, 3.63) is 39.7 Å². The zero-order valence-electron chi connectivity index (χ0n) is 12.4. The highest BCUT2D eigenvalue weighted by atomic mass is 16.5. The van der Waals surface area contributed by atoms with Crippen molar-refractivity contribution in [2.45, 2.75) is 13.0 Å². The molecule has 1 aliphatic rings. The molecule has 7 heteroatoms. The SMILES string of the molecule is O=C(O)Cc1cc(=O)oc2c(CN3CCOCC3)c(O)ccc12.